The van der Waals surface area contributed by atoms with Crippen LogP contribution in [0, 0.1) is 5.82 Å². The molecule has 0 radical (unpaired) electrons. The van der Waals surface area contributed by atoms with Gasteiger partial charge in [-0.05, 0) is 17.7 Å². The summed E-state index contributed by atoms with van der Waals surface area (Å²) < 4.78 is 13.9. The summed E-state index contributed by atoms with van der Waals surface area (Å²) in [4.78, 5) is 4.68. The second-order valence-corrected chi connectivity index (χ2v) is 7.76. The average Bonchev–Trinajstić information content (AvgIpc) is 2.85. The molecule has 114 valence electrons. The van der Waals surface area contributed by atoms with E-state index in [1.165, 1.54) is 12.1 Å². The van der Waals surface area contributed by atoms with Gasteiger partial charge in [0.15, 0.2) is 0 Å². The molecule has 0 aliphatic carbocycles. The van der Waals surface area contributed by atoms with Crippen molar-refractivity contribution >= 4 is 27.3 Å². The van der Waals surface area contributed by atoms with Crippen LogP contribution >= 0.6 is 27.3 Å². The smallest absolute Gasteiger partial charge is 0.124 e. The Kier molecular flexibility index (Phi) is 5.14. The van der Waals surface area contributed by atoms with Crippen molar-refractivity contribution in [2.24, 2.45) is 5.84 Å². The second-order valence-electron chi connectivity index (χ2n) is 5.97. The summed E-state index contributed by atoms with van der Waals surface area (Å²) in [5.41, 5.74) is 4.83. The average molecular weight is 372 g/mol. The Balaban J connectivity index is 2.21. The first-order valence-electron chi connectivity index (χ1n) is 6.67. The Hall–Kier alpha value is -0.820. The van der Waals surface area contributed by atoms with Crippen LogP contribution in [0.1, 0.15) is 43.1 Å². The maximum atomic E-state index is 13.2. The van der Waals surface area contributed by atoms with E-state index in [1.807, 2.05) is 0 Å². The lowest BCUT2D eigenvalue weighted by Gasteiger charge is -2.17. The van der Waals surface area contributed by atoms with Crippen LogP contribution in [0.25, 0.3) is 0 Å². The molecule has 0 aliphatic heterocycles. The molecule has 2 aromatic rings. The van der Waals surface area contributed by atoms with Crippen molar-refractivity contribution in [1.29, 1.82) is 0 Å². The van der Waals surface area contributed by atoms with Gasteiger partial charge in [0.25, 0.3) is 0 Å². The molecular formula is C15H19BrFN3S. The number of thiazole rings is 1. The fourth-order valence-electron chi connectivity index (χ4n) is 1.97. The van der Waals surface area contributed by atoms with Gasteiger partial charge in [-0.3, -0.25) is 11.3 Å². The number of hydrogen-bond donors (Lipinski definition) is 2. The molecule has 3 N–H and O–H groups in total. The van der Waals surface area contributed by atoms with Crippen molar-refractivity contribution in [3.8, 4) is 0 Å². The number of rotatable bonds is 4. The first-order valence-corrected chi connectivity index (χ1v) is 8.34. The van der Waals surface area contributed by atoms with Crippen LogP contribution in [0.3, 0.4) is 0 Å². The molecular weight excluding hydrogens is 353 g/mol. The molecule has 0 aliphatic rings. The number of nitrogens with zero attached hydrogens (tertiary/aromatic N) is 1. The predicted octanol–water partition coefficient (Wildman–Crippen LogP) is 4.09. The Bertz CT molecular complexity index is 622. The fourth-order valence-corrected chi connectivity index (χ4v) is 3.66. The van der Waals surface area contributed by atoms with E-state index in [0.29, 0.717) is 10.9 Å². The maximum Gasteiger partial charge on any atom is 0.124 e. The summed E-state index contributed by atoms with van der Waals surface area (Å²) in [7, 11) is 0. The van der Waals surface area contributed by atoms with E-state index in [2.05, 4.69) is 52.5 Å². The van der Waals surface area contributed by atoms with Crippen molar-refractivity contribution in [3.63, 3.8) is 0 Å². The fraction of sp³-hybridized carbons (Fsp3) is 0.400. The summed E-state index contributed by atoms with van der Waals surface area (Å²) in [5, 5.41) is 3.10. The van der Waals surface area contributed by atoms with E-state index >= 15 is 0 Å². The minimum Gasteiger partial charge on any atom is -0.271 e. The number of hydrazine groups is 1. The van der Waals surface area contributed by atoms with Crippen LogP contribution in [0.5, 0.6) is 0 Å². The standard InChI is InChI=1S/C15H19BrFN3S/c1-15(2,3)13-8-21-14(19-13)7-12(20-18)10-5-4-9(17)6-11(10)16/h4-6,8,12,20H,7,18H2,1-3H3. The van der Waals surface area contributed by atoms with E-state index in [9.17, 15) is 4.39 Å². The van der Waals surface area contributed by atoms with Crippen molar-refractivity contribution < 1.29 is 4.39 Å². The zero-order valence-electron chi connectivity index (χ0n) is 12.3. The molecule has 0 saturated carbocycles. The highest BCUT2D eigenvalue weighted by atomic mass is 79.9. The number of halogens is 2. The van der Waals surface area contributed by atoms with Crippen LogP contribution in [-0.2, 0) is 11.8 Å². The molecule has 1 unspecified atom stereocenters. The first kappa shape index (κ1) is 16.5. The van der Waals surface area contributed by atoms with E-state index in [0.717, 1.165) is 16.3 Å². The molecule has 1 atom stereocenters. The van der Waals surface area contributed by atoms with Gasteiger partial charge in [-0.1, -0.05) is 42.8 Å². The Morgan fingerprint density at radius 1 is 1.43 bits per heavy atom. The van der Waals surface area contributed by atoms with E-state index in [-0.39, 0.29) is 17.3 Å². The van der Waals surface area contributed by atoms with Gasteiger partial charge in [0, 0.05) is 21.7 Å². The quantitative estimate of drug-likeness (QED) is 0.628. The molecule has 2 rings (SSSR count). The third-order valence-corrected chi connectivity index (χ3v) is 4.80. The predicted molar refractivity (Wildman–Crippen MR) is 88.7 cm³/mol. The summed E-state index contributed by atoms with van der Waals surface area (Å²) in [6.07, 6.45) is 0.668. The van der Waals surface area contributed by atoms with Crippen molar-refractivity contribution in [3.05, 3.63) is 50.1 Å². The minimum atomic E-state index is -0.273. The highest BCUT2D eigenvalue weighted by Gasteiger charge is 2.20. The van der Waals surface area contributed by atoms with Gasteiger partial charge in [-0.25, -0.2) is 9.37 Å². The van der Waals surface area contributed by atoms with Gasteiger partial charge in [0.1, 0.15) is 5.82 Å². The summed E-state index contributed by atoms with van der Waals surface area (Å²) in [5.74, 6) is 5.39. The van der Waals surface area contributed by atoms with Crippen LogP contribution in [0.2, 0.25) is 0 Å². The highest BCUT2D eigenvalue weighted by molar-refractivity contribution is 9.10. The summed E-state index contributed by atoms with van der Waals surface area (Å²) >= 11 is 5.01. The summed E-state index contributed by atoms with van der Waals surface area (Å²) in [6.45, 7) is 6.42. The third kappa shape index (κ3) is 4.10. The highest BCUT2D eigenvalue weighted by Crippen LogP contribution is 2.29. The van der Waals surface area contributed by atoms with E-state index in [4.69, 9.17) is 5.84 Å². The van der Waals surface area contributed by atoms with Gasteiger partial charge in [-0.15, -0.1) is 11.3 Å². The van der Waals surface area contributed by atoms with Crippen LogP contribution < -0.4 is 11.3 Å². The number of nitrogens with two attached hydrogens (primary N) is 1. The molecule has 1 heterocycles. The van der Waals surface area contributed by atoms with Gasteiger partial charge in [-0.2, -0.15) is 0 Å². The number of nitrogens with one attached hydrogen (secondary N) is 1. The molecule has 1 aromatic heterocycles. The van der Waals surface area contributed by atoms with Crippen molar-refractivity contribution in [2.45, 2.75) is 38.6 Å². The minimum absolute atomic E-state index is 0.0385. The lowest BCUT2D eigenvalue weighted by molar-refractivity contribution is 0.537. The molecule has 6 heteroatoms. The number of hydrogen-bond acceptors (Lipinski definition) is 4. The van der Waals surface area contributed by atoms with E-state index < -0.39 is 0 Å². The normalized spacial score (nSPS) is 13.4. The van der Waals surface area contributed by atoms with Crippen LogP contribution in [0.4, 0.5) is 4.39 Å². The van der Waals surface area contributed by atoms with E-state index in [1.54, 1.807) is 17.4 Å². The van der Waals surface area contributed by atoms with Crippen molar-refractivity contribution in [2.75, 3.05) is 0 Å². The largest absolute Gasteiger partial charge is 0.271 e. The topological polar surface area (TPSA) is 50.9 Å². The van der Waals surface area contributed by atoms with Gasteiger partial charge >= 0.3 is 0 Å². The second kappa shape index (κ2) is 6.52. The zero-order valence-corrected chi connectivity index (χ0v) is 14.7. The molecule has 0 amide bonds. The maximum absolute atomic E-state index is 13.2. The third-order valence-electron chi connectivity index (χ3n) is 3.24. The SMILES string of the molecule is CC(C)(C)c1csc(CC(NN)c2ccc(F)cc2Br)n1. The molecule has 0 saturated heterocycles. The lowest BCUT2D eigenvalue weighted by atomic mass is 9.93. The van der Waals surface area contributed by atoms with Crippen LogP contribution in [-0.4, -0.2) is 4.98 Å². The first-order chi connectivity index (χ1) is 9.81. The zero-order chi connectivity index (χ0) is 15.6. The molecule has 0 spiro atoms. The molecule has 1 aromatic carbocycles. The van der Waals surface area contributed by atoms with Gasteiger partial charge < -0.3 is 0 Å². The Morgan fingerprint density at radius 2 is 2.14 bits per heavy atom. The number of aromatic nitrogens is 1. The summed E-state index contributed by atoms with van der Waals surface area (Å²) in [6, 6.07) is 4.51. The molecule has 0 fully saturated rings. The lowest BCUT2D eigenvalue weighted by Crippen LogP contribution is -2.30. The van der Waals surface area contributed by atoms with Crippen LogP contribution in [0.15, 0.2) is 28.1 Å². The monoisotopic (exact) mass is 371 g/mol. The Labute approximate surface area is 136 Å². The molecule has 21 heavy (non-hydrogen) atoms. The van der Waals surface area contributed by atoms with Gasteiger partial charge in [0.05, 0.1) is 16.7 Å². The van der Waals surface area contributed by atoms with Crippen molar-refractivity contribution in [1.82, 2.24) is 10.4 Å². The molecule has 3 nitrogen and oxygen atoms in total. The van der Waals surface area contributed by atoms with Gasteiger partial charge in [0.2, 0.25) is 0 Å². The number of benzene rings is 1. The Morgan fingerprint density at radius 3 is 2.67 bits per heavy atom. The molecule has 0 bridgehead atoms.